The van der Waals surface area contributed by atoms with Crippen molar-refractivity contribution in [2.24, 2.45) is 11.7 Å². The van der Waals surface area contributed by atoms with Gasteiger partial charge in [0.2, 0.25) is 0 Å². The minimum atomic E-state index is -0.661. The van der Waals surface area contributed by atoms with Crippen LogP contribution < -0.4 is 28.3 Å². The Hall–Kier alpha value is -3.48. The first-order valence-electron chi connectivity index (χ1n) is 20.7. The maximum Gasteiger partial charge on any atom is 0.332 e. The molecule has 5 saturated carbocycles. The number of carbonyl (C=O) groups excluding carboxylic acids is 2. The number of aromatic nitrogens is 2. The number of carbonyl (C=O) groups is 2. The third-order valence-electron chi connectivity index (χ3n) is 10.3. The van der Waals surface area contributed by atoms with Gasteiger partial charge in [0.25, 0.3) is 0 Å². The van der Waals surface area contributed by atoms with Crippen molar-refractivity contribution in [1.29, 1.82) is 15.8 Å². The number of hydrogen-bond acceptors (Lipinski definition) is 12. The van der Waals surface area contributed by atoms with Crippen molar-refractivity contribution >= 4 is 42.4 Å². The Bertz CT molecular complexity index is 1310. The van der Waals surface area contributed by atoms with E-state index in [2.05, 4.69) is 27.3 Å². The molecule has 5 fully saturated rings. The summed E-state index contributed by atoms with van der Waals surface area (Å²) in [4.78, 5) is 21.0. The van der Waals surface area contributed by atoms with Gasteiger partial charge < -0.3 is 10.5 Å². The van der Waals surface area contributed by atoms with E-state index in [0.29, 0.717) is 35.3 Å². The minimum absolute atomic E-state index is 0. The van der Waals surface area contributed by atoms with E-state index >= 15 is 0 Å². The summed E-state index contributed by atoms with van der Waals surface area (Å²) >= 11 is 0. The second-order valence-electron chi connectivity index (χ2n) is 14.7. The largest absolute Gasteiger partial charge is 0.463 e. The second kappa shape index (κ2) is 36.8. The van der Waals surface area contributed by atoms with Gasteiger partial charge in [-0.3, -0.25) is 27.3 Å². The lowest BCUT2D eigenvalue weighted by Crippen LogP contribution is -2.36. The van der Waals surface area contributed by atoms with E-state index in [1.807, 2.05) is 10.8 Å². The number of nitrogens with zero attached hydrogens (tertiary/aromatic N) is 5. The lowest BCUT2D eigenvalue weighted by molar-refractivity contribution is -0.137. The molecule has 322 valence electrons. The molecular weight excluding hydrogens is 763 g/mol. The van der Waals surface area contributed by atoms with Crippen LogP contribution >= 0.6 is 24.8 Å². The van der Waals surface area contributed by atoms with E-state index < -0.39 is 5.97 Å². The molecule has 1 heterocycles. The lowest BCUT2D eigenvalue weighted by atomic mass is 9.96. The number of hydrogen-bond donors (Lipinski definition) is 5. The van der Waals surface area contributed by atoms with Crippen LogP contribution in [0.2, 0.25) is 0 Å². The van der Waals surface area contributed by atoms with Gasteiger partial charge in [0.05, 0.1) is 24.9 Å². The SMILES string of the molecule is C=C1CCCCC1.CCOC(=O)C=C(C#N)C#N.Cl.Cl.N#Cc1cnn(C2CCCCC2)c1N.NNC1CCCCC1.NNC1CCCCC1.O=C1CCCCC1. The molecule has 5 aliphatic rings. The highest BCUT2D eigenvalue weighted by molar-refractivity contribution is 5.86. The Balaban J connectivity index is 0. The number of esters is 1. The zero-order valence-corrected chi connectivity index (χ0v) is 36.1. The molecule has 5 aliphatic carbocycles. The first-order chi connectivity index (χ1) is 26.7. The van der Waals surface area contributed by atoms with Crippen molar-refractivity contribution in [1.82, 2.24) is 20.6 Å². The van der Waals surface area contributed by atoms with Crippen LogP contribution in [-0.2, 0) is 14.3 Å². The van der Waals surface area contributed by atoms with E-state index in [9.17, 15) is 9.59 Å². The van der Waals surface area contributed by atoms with Crippen LogP contribution in [0.3, 0.4) is 0 Å². The van der Waals surface area contributed by atoms with E-state index in [4.69, 9.17) is 33.2 Å². The van der Waals surface area contributed by atoms with Crippen LogP contribution in [0.4, 0.5) is 5.82 Å². The maximum absolute atomic E-state index is 10.6. The van der Waals surface area contributed by atoms with Gasteiger partial charge in [-0.1, -0.05) is 82.8 Å². The van der Waals surface area contributed by atoms with Crippen molar-refractivity contribution in [2.75, 3.05) is 12.3 Å². The smallest absolute Gasteiger partial charge is 0.332 e. The summed E-state index contributed by atoms with van der Waals surface area (Å²) in [6, 6.07) is 6.76. The average molecular weight is 836 g/mol. The molecule has 0 atom stereocenters. The fourth-order valence-corrected chi connectivity index (χ4v) is 7.00. The molecule has 0 radical (unpaired) electrons. The maximum atomic E-state index is 10.6. The highest BCUT2D eigenvalue weighted by Crippen LogP contribution is 2.30. The summed E-state index contributed by atoms with van der Waals surface area (Å²) in [6.07, 6.45) is 33.8. The summed E-state index contributed by atoms with van der Waals surface area (Å²) < 4.78 is 6.28. The van der Waals surface area contributed by atoms with Crippen molar-refractivity contribution < 1.29 is 14.3 Å². The highest BCUT2D eigenvalue weighted by atomic mass is 35.5. The van der Waals surface area contributed by atoms with Gasteiger partial charge in [0, 0.05) is 24.9 Å². The number of nitriles is 3. The Labute approximate surface area is 355 Å². The predicted octanol–water partition coefficient (Wildman–Crippen LogP) is 8.80. The van der Waals surface area contributed by atoms with E-state index in [-0.39, 0.29) is 37.0 Å². The third kappa shape index (κ3) is 27.0. The number of Topliss-reactive ketones (excluding diaryl/α,β-unsaturated/α-hetero) is 1. The molecule has 57 heavy (non-hydrogen) atoms. The van der Waals surface area contributed by atoms with Gasteiger partial charge in [-0.15, -0.1) is 24.8 Å². The van der Waals surface area contributed by atoms with Crippen LogP contribution in [-0.4, -0.2) is 40.2 Å². The van der Waals surface area contributed by atoms with Gasteiger partial charge >= 0.3 is 5.97 Å². The molecule has 0 saturated heterocycles. The molecule has 0 bridgehead atoms. The van der Waals surface area contributed by atoms with Crippen LogP contribution in [0.25, 0.3) is 0 Å². The fraction of sp³-hybridized carbons (Fsp3) is 0.714. The fourth-order valence-electron chi connectivity index (χ4n) is 7.00. The molecule has 8 N–H and O–H groups in total. The number of allylic oxidation sites excluding steroid dienone is 2. The van der Waals surface area contributed by atoms with Gasteiger partial charge in [-0.2, -0.15) is 20.9 Å². The zero-order chi connectivity index (χ0) is 40.5. The van der Waals surface area contributed by atoms with Crippen LogP contribution in [0.15, 0.2) is 30.0 Å². The molecule has 0 spiro atoms. The number of hydrazine groups is 2. The monoisotopic (exact) mass is 835 g/mol. The summed E-state index contributed by atoms with van der Waals surface area (Å²) in [7, 11) is 0. The topological polar surface area (TPSA) is 235 Å². The number of anilines is 1. The van der Waals surface area contributed by atoms with Crippen LogP contribution in [0.1, 0.15) is 179 Å². The predicted molar refractivity (Wildman–Crippen MR) is 233 cm³/mol. The number of rotatable bonds is 5. The number of nitrogens with two attached hydrogens (primary N) is 3. The molecule has 13 nitrogen and oxygen atoms in total. The van der Waals surface area contributed by atoms with E-state index in [1.54, 1.807) is 25.3 Å². The summed E-state index contributed by atoms with van der Waals surface area (Å²) in [5.41, 5.74) is 13.1. The third-order valence-corrected chi connectivity index (χ3v) is 10.3. The quantitative estimate of drug-likeness (QED) is 0.0467. The molecule has 0 aromatic carbocycles. The van der Waals surface area contributed by atoms with E-state index in [1.165, 1.54) is 128 Å². The molecule has 1 aromatic rings. The van der Waals surface area contributed by atoms with E-state index in [0.717, 1.165) is 44.6 Å². The number of halogens is 2. The molecule has 1 aromatic heterocycles. The number of ketones is 1. The zero-order valence-electron chi connectivity index (χ0n) is 34.5. The first kappa shape index (κ1) is 55.6. The molecule has 15 heteroatoms. The second-order valence-corrected chi connectivity index (χ2v) is 14.7. The van der Waals surface area contributed by atoms with Crippen molar-refractivity contribution in [3.63, 3.8) is 0 Å². The van der Waals surface area contributed by atoms with Gasteiger partial charge in [0.1, 0.15) is 40.9 Å². The van der Waals surface area contributed by atoms with Gasteiger partial charge in [-0.25, -0.2) is 9.48 Å². The summed E-state index contributed by atoms with van der Waals surface area (Å²) in [6.45, 7) is 5.79. The molecule has 6 rings (SSSR count). The number of nitrogen functional groups attached to an aromatic ring is 1. The highest BCUT2D eigenvalue weighted by Gasteiger charge is 2.19. The number of ether oxygens (including phenoxy) is 1. The van der Waals surface area contributed by atoms with Crippen LogP contribution in [0.5, 0.6) is 0 Å². The average Bonchev–Trinajstić information content (AvgIpc) is 3.62. The van der Waals surface area contributed by atoms with Gasteiger partial charge in [0.15, 0.2) is 0 Å². The van der Waals surface area contributed by atoms with Crippen molar-refractivity contribution in [2.45, 2.75) is 186 Å². The normalized spacial score (nSPS) is 18.0. The summed E-state index contributed by atoms with van der Waals surface area (Å²) in [5.74, 6) is 10.8. The molecule has 0 unspecified atom stereocenters. The Morgan fingerprint density at radius 3 is 1.51 bits per heavy atom. The minimum Gasteiger partial charge on any atom is -0.463 e. The summed E-state index contributed by atoms with van der Waals surface area (Å²) in [5, 5.41) is 29.3. The Kier molecular flexibility index (Phi) is 35.9. The Morgan fingerprint density at radius 1 is 0.789 bits per heavy atom. The van der Waals surface area contributed by atoms with Gasteiger partial charge in [-0.05, 0) is 84.0 Å². The first-order valence-corrected chi connectivity index (χ1v) is 20.7. The molecular formula is C42H72Cl2N10O3. The molecule has 0 amide bonds. The van der Waals surface area contributed by atoms with Crippen molar-refractivity contribution in [3.05, 3.63) is 35.6 Å². The van der Waals surface area contributed by atoms with Crippen molar-refractivity contribution in [3.8, 4) is 18.2 Å². The Morgan fingerprint density at radius 2 is 1.21 bits per heavy atom. The lowest BCUT2D eigenvalue weighted by Gasteiger charge is -2.22. The molecule has 0 aliphatic heterocycles. The standard InChI is InChI=1S/C10H14N4.C7H6N2O2.C7H12.2C6H14N2.C6H10O.2ClH/c11-6-8-7-13-14(10(8)12)9-4-2-1-3-5-9;1-2-11-7(10)3-6(4-8)5-9;1-7-5-3-2-4-6-7;2*7-8-6-4-2-1-3-5-6;7-6-4-2-1-3-5-6;;/h7,9H,1-5,12H2;3H,2H2,1H3;1-6H2;2*6,8H,1-5,7H2;1-5H2;2*1H. The van der Waals surface area contributed by atoms with Crippen LogP contribution in [0, 0.1) is 34.0 Å². The number of nitrogens with one attached hydrogen (secondary N) is 2.